The van der Waals surface area contributed by atoms with E-state index in [9.17, 15) is 0 Å². The van der Waals surface area contributed by atoms with Crippen molar-refractivity contribution in [2.24, 2.45) is 11.5 Å². The van der Waals surface area contributed by atoms with Crippen LogP contribution in [0.4, 0.5) is 0 Å². The van der Waals surface area contributed by atoms with Gasteiger partial charge in [0.2, 0.25) is 0 Å². The maximum absolute atomic E-state index is 9.00. The predicted octanol–water partition coefficient (Wildman–Crippen LogP) is -11.9. The Labute approximate surface area is 327 Å². The quantitative estimate of drug-likeness (QED) is 0.119. The number of aliphatic carboxylic acids is 8. The molecule has 0 aromatic heterocycles. The van der Waals surface area contributed by atoms with Crippen molar-refractivity contribution in [3.63, 3.8) is 0 Å². The van der Waals surface area contributed by atoms with Gasteiger partial charge in [-0.15, -0.1) is 0 Å². The van der Waals surface area contributed by atoms with Crippen LogP contribution in [-0.4, -0.2) is 102 Å². The first-order valence-electron chi connectivity index (χ1n) is 8.74. The van der Waals surface area contributed by atoms with Crippen molar-refractivity contribution in [3.05, 3.63) is 0 Å². The van der Waals surface area contributed by atoms with E-state index in [2.05, 4.69) is 0 Å². The topological polar surface area (TPSA) is 350 Å². The van der Waals surface area contributed by atoms with Gasteiger partial charge in [-0.3, -0.25) is 38.4 Å². The minimum atomic E-state index is -0.833. The summed E-state index contributed by atoms with van der Waals surface area (Å²) in [6.07, 6.45) is 0. The van der Waals surface area contributed by atoms with Gasteiger partial charge < -0.3 is 58.0 Å². The van der Waals surface area contributed by atoms with Crippen molar-refractivity contribution in [2.75, 3.05) is 13.1 Å². The Morgan fingerprint density at radius 2 is 0.375 bits per heavy atom. The molecule has 0 radical (unpaired) electrons. The van der Waals surface area contributed by atoms with E-state index in [0.717, 1.165) is 55.4 Å². The first-order chi connectivity index (χ1) is 15.8. The molecule has 0 rings (SSSR count). The zero-order valence-corrected chi connectivity index (χ0v) is 33.4. The number of rotatable bonds is 1. The molecule has 40 heavy (non-hydrogen) atoms. The van der Waals surface area contributed by atoms with Crippen LogP contribution in [0, 0.1) is 0 Å². The average molecular weight is 637 g/mol. The first kappa shape index (κ1) is 83.4. The summed E-state index contributed by atoms with van der Waals surface area (Å²) in [5.74, 6) is -6.67. The SMILES string of the molecule is CC(=O)O.CC(=O)O.CC(=O)O.CC(=O)O.CC(=O)O.CC(=O)O.CC(=O)O.CC(=O)O.NCCN.[H-].[H-].[H-].[H-].[Na+].[Na+].[Na+].[Na+]. The van der Waals surface area contributed by atoms with Gasteiger partial charge in [-0.2, -0.15) is 0 Å². The van der Waals surface area contributed by atoms with E-state index in [1.165, 1.54) is 0 Å². The molecule has 0 saturated carbocycles. The van der Waals surface area contributed by atoms with E-state index in [1.807, 2.05) is 0 Å². The second-order valence-electron chi connectivity index (χ2n) is 4.73. The molecular formula is C18H44N2Na4O16. The molecule has 0 aliphatic rings. The third-order valence-electron chi connectivity index (χ3n) is 0.167. The van der Waals surface area contributed by atoms with Crippen molar-refractivity contribution in [3.8, 4) is 0 Å². The van der Waals surface area contributed by atoms with Crippen LogP contribution in [0.25, 0.3) is 0 Å². The summed E-state index contributed by atoms with van der Waals surface area (Å²) in [5.41, 5.74) is 9.81. The Bertz CT molecular complexity index is 438. The summed E-state index contributed by atoms with van der Waals surface area (Å²) in [7, 11) is 0. The standard InChI is InChI=1S/C2H8N2.8C2H4O2.4Na.4H/c3-1-2-4;8*1-2(3)4;;;;;;;;/h1-4H2;8*1H3,(H,3,4);;;;;;;;/q;;;;;;;;;4*+1;4*-1. The summed E-state index contributed by atoms with van der Waals surface area (Å²) in [4.78, 5) is 72.0. The molecule has 0 saturated heterocycles. The summed E-state index contributed by atoms with van der Waals surface area (Å²) in [6, 6.07) is 0. The molecule has 0 aliphatic carbocycles. The Hall–Kier alpha value is -0.320. The van der Waals surface area contributed by atoms with Gasteiger partial charge in [-0.05, 0) is 0 Å². The van der Waals surface area contributed by atoms with E-state index in [-0.39, 0.29) is 124 Å². The van der Waals surface area contributed by atoms with Crippen molar-refractivity contribution in [1.82, 2.24) is 0 Å². The summed E-state index contributed by atoms with van der Waals surface area (Å²) in [6.45, 7) is 9.86. The molecular weight excluding hydrogens is 592 g/mol. The van der Waals surface area contributed by atoms with Crippen LogP contribution in [0.2, 0.25) is 0 Å². The first-order valence-corrected chi connectivity index (χ1v) is 8.74. The monoisotopic (exact) mass is 636 g/mol. The van der Waals surface area contributed by atoms with Crippen LogP contribution in [0.3, 0.4) is 0 Å². The largest absolute Gasteiger partial charge is 1.00 e. The Kier molecular flexibility index (Phi) is 174. The summed E-state index contributed by atoms with van der Waals surface area (Å²) < 4.78 is 0. The molecule has 12 N–H and O–H groups in total. The number of carboxylic acid groups (broad SMARTS) is 8. The van der Waals surface area contributed by atoms with E-state index < -0.39 is 47.8 Å². The molecule has 0 atom stereocenters. The Morgan fingerprint density at radius 1 is 0.350 bits per heavy atom. The van der Waals surface area contributed by atoms with Gasteiger partial charge in [0.05, 0.1) is 0 Å². The van der Waals surface area contributed by atoms with Crippen molar-refractivity contribution in [2.45, 2.75) is 55.4 Å². The average Bonchev–Trinajstić information content (AvgIpc) is 2.50. The molecule has 0 heterocycles. The van der Waals surface area contributed by atoms with E-state index >= 15 is 0 Å². The Balaban J connectivity index is -0.0000000121. The molecule has 0 bridgehead atoms. The van der Waals surface area contributed by atoms with Crippen LogP contribution in [0.15, 0.2) is 0 Å². The van der Waals surface area contributed by atoms with Crippen LogP contribution in [0.5, 0.6) is 0 Å². The minimum absolute atomic E-state index is 0. The van der Waals surface area contributed by atoms with E-state index in [4.69, 9.17) is 90.7 Å². The molecule has 226 valence electrons. The second kappa shape index (κ2) is 83.3. The summed E-state index contributed by atoms with van der Waals surface area (Å²) >= 11 is 0. The molecule has 0 amide bonds. The van der Waals surface area contributed by atoms with Gasteiger partial charge >= 0.3 is 118 Å². The van der Waals surface area contributed by atoms with Gasteiger partial charge in [0.15, 0.2) is 0 Å². The molecule has 0 aliphatic heterocycles. The van der Waals surface area contributed by atoms with Crippen LogP contribution < -0.4 is 130 Å². The van der Waals surface area contributed by atoms with Crippen LogP contribution >= 0.6 is 0 Å². The number of carboxylic acids is 8. The fourth-order valence-corrected chi connectivity index (χ4v) is 0. The van der Waals surface area contributed by atoms with Crippen molar-refractivity contribution in [1.29, 1.82) is 0 Å². The van der Waals surface area contributed by atoms with Crippen LogP contribution in [0.1, 0.15) is 61.1 Å². The normalized spacial score (nSPS) is 5.75. The van der Waals surface area contributed by atoms with E-state index in [1.54, 1.807) is 0 Å². The molecule has 0 fully saturated rings. The number of hydrogen-bond donors (Lipinski definition) is 10. The predicted molar refractivity (Wildman–Crippen MR) is 129 cm³/mol. The molecule has 0 unspecified atom stereocenters. The fraction of sp³-hybridized carbons (Fsp3) is 0.556. The van der Waals surface area contributed by atoms with E-state index in [0.29, 0.717) is 13.1 Å². The van der Waals surface area contributed by atoms with Gasteiger partial charge in [0, 0.05) is 68.5 Å². The second-order valence-corrected chi connectivity index (χ2v) is 4.73. The van der Waals surface area contributed by atoms with Gasteiger partial charge in [-0.1, -0.05) is 0 Å². The molecule has 0 aromatic carbocycles. The zero-order chi connectivity index (χ0) is 32.0. The maximum atomic E-state index is 9.00. The molecule has 0 spiro atoms. The third-order valence-corrected chi connectivity index (χ3v) is 0.167. The number of carbonyl (C=O) groups is 8. The van der Waals surface area contributed by atoms with Crippen molar-refractivity contribution >= 4 is 47.8 Å². The van der Waals surface area contributed by atoms with Crippen molar-refractivity contribution < 1.29 is 203 Å². The maximum Gasteiger partial charge on any atom is 1.00 e. The third kappa shape index (κ3) is 110000. The molecule has 22 heteroatoms. The zero-order valence-electron chi connectivity index (χ0n) is 29.4. The van der Waals surface area contributed by atoms with Gasteiger partial charge in [-0.25, -0.2) is 0 Å². The van der Waals surface area contributed by atoms with Gasteiger partial charge in [0.25, 0.3) is 47.8 Å². The number of nitrogens with two attached hydrogens (primary N) is 2. The van der Waals surface area contributed by atoms with Gasteiger partial charge in [0.1, 0.15) is 0 Å². The minimum Gasteiger partial charge on any atom is -1.00 e. The summed E-state index contributed by atoms with van der Waals surface area (Å²) in [5, 5.41) is 59.3. The fourth-order valence-electron chi connectivity index (χ4n) is 0. The number of hydrogen-bond acceptors (Lipinski definition) is 10. The Morgan fingerprint density at radius 3 is 0.375 bits per heavy atom. The smallest absolute Gasteiger partial charge is 1.00 e. The molecule has 0 aromatic rings. The van der Waals surface area contributed by atoms with Crippen LogP contribution in [-0.2, 0) is 38.4 Å². The molecule has 18 nitrogen and oxygen atoms in total.